The van der Waals surface area contributed by atoms with Crippen LogP contribution in [-0.2, 0) is 36.8 Å². The summed E-state index contributed by atoms with van der Waals surface area (Å²) in [5, 5.41) is 28.2. The van der Waals surface area contributed by atoms with Crippen LogP contribution in [0.15, 0.2) is 67.0 Å². The van der Waals surface area contributed by atoms with Crippen molar-refractivity contribution >= 4 is 29.7 Å². The number of nitrogens with one attached hydrogen (secondary N) is 6. The summed E-state index contributed by atoms with van der Waals surface area (Å²) in [6, 6.07) is 6.06. The van der Waals surface area contributed by atoms with E-state index in [1.807, 2.05) is 22.9 Å². The zero-order chi connectivity index (χ0) is 58.4. The van der Waals surface area contributed by atoms with Crippen molar-refractivity contribution in [3.05, 3.63) is 101 Å². The summed E-state index contributed by atoms with van der Waals surface area (Å²) >= 11 is 0. The number of nitrogens with zero attached hydrogens (tertiary/aromatic N) is 3. The van der Waals surface area contributed by atoms with Crippen molar-refractivity contribution in [1.29, 1.82) is 5.41 Å². The Morgan fingerprint density at radius 2 is 1.34 bits per heavy atom. The minimum atomic E-state index is -5.23. The number of methoxy groups -OCH3 is 2. The van der Waals surface area contributed by atoms with E-state index in [-0.39, 0.29) is 5.92 Å². The molecule has 2 unspecified atom stereocenters. The Morgan fingerprint density at radius 3 is 1.81 bits per heavy atom. The molecular formula is C52H63F10N9O8. The molecule has 4 amide bonds. The number of rotatable bonds is 22. The van der Waals surface area contributed by atoms with Gasteiger partial charge in [-0.3, -0.25) is 24.9 Å². The number of hydrogen-bond acceptors (Lipinski definition) is 13. The first-order valence-corrected chi connectivity index (χ1v) is 25.0. The molecule has 0 aliphatic carbocycles. The average Bonchev–Trinajstić information content (AvgIpc) is 3.61. The normalized spacial score (nSPS) is 19.8. The summed E-state index contributed by atoms with van der Waals surface area (Å²) in [6.07, 6.45) is -8.71. The predicted octanol–water partition coefficient (Wildman–Crippen LogP) is 7.38. The molecule has 0 radical (unpaired) electrons. The quantitative estimate of drug-likeness (QED) is 0.0227. The number of aliphatic hydroxyl groups is 1. The Hall–Kier alpha value is -6.58. The third-order valence-corrected chi connectivity index (χ3v) is 14.8. The van der Waals surface area contributed by atoms with E-state index < -0.39 is 126 Å². The molecule has 79 heavy (non-hydrogen) atoms. The van der Waals surface area contributed by atoms with Crippen LogP contribution in [0.5, 0.6) is 0 Å². The molecule has 3 saturated heterocycles. The van der Waals surface area contributed by atoms with E-state index in [9.17, 15) is 59.4 Å². The summed E-state index contributed by atoms with van der Waals surface area (Å²) in [4.78, 5) is 60.3. The Bertz CT molecular complexity index is 2640. The highest BCUT2D eigenvalue weighted by Crippen LogP contribution is 2.45. The molecule has 6 rings (SSSR count). The van der Waals surface area contributed by atoms with Crippen molar-refractivity contribution in [3.8, 4) is 11.1 Å². The molecule has 2 aromatic carbocycles. The van der Waals surface area contributed by atoms with Gasteiger partial charge in [-0.15, -0.1) is 0 Å². The number of hydrazine groups is 1. The van der Waals surface area contributed by atoms with Crippen LogP contribution in [0.25, 0.3) is 11.1 Å². The lowest BCUT2D eigenvalue weighted by atomic mass is 9.82. The van der Waals surface area contributed by atoms with Crippen molar-refractivity contribution in [2.24, 2.45) is 10.8 Å². The van der Waals surface area contributed by atoms with Crippen LogP contribution in [0, 0.1) is 27.9 Å². The van der Waals surface area contributed by atoms with Gasteiger partial charge < -0.3 is 46.0 Å². The van der Waals surface area contributed by atoms with Crippen LogP contribution >= 0.6 is 0 Å². The lowest BCUT2D eigenvalue weighted by Gasteiger charge is -2.46. The van der Waals surface area contributed by atoms with E-state index >= 15 is 8.78 Å². The highest BCUT2D eigenvalue weighted by Gasteiger charge is 2.57. The van der Waals surface area contributed by atoms with Crippen molar-refractivity contribution in [1.82, 2.24) is 41.6 Å². The maximum atomic E-state index is 15.9. The lowest BCUT2D eigenvalue weighted by Crippen LogP contribution is -2.63. The zero-order valence-corrected chi connectivity index (χ0v) is 43.8. The number of aromatic nitrogens is 1. The molecule has 4 heterocycles. The number of piperidine rings is 1. The number of pyridine rings is 1. The first-order chi connectivity index (χ1) is 36.9. The van der Waals surface area contributed by atoms with Crippen molar-refractivity contribution < 1.29 is 82.4 Å². The molecule has 17 nitrogen and oxygen atoms in total. The van der Waals surface area contributed by atoms with Crippen LogP contribution in [0.3, 0.4) is 0 Å². The molecule has 434 valence electrons. The second-order valence-corrected chi connectivity index (χ2v) is 20.8. The first-order valence-electron chi connectivity index (χ1n) is 25.0. The van der Waals surface area contributed by atoms with E-state index in [4.69, 9.17) is 15.1 Å². The molecule has 2 bridgehead atoms. The number of amides is 4. The molecule has 6 atom stereocenters. The summed E-state index contributed by atoms with van der Waals surface area (Å²) in [7, 11) is 1.61. The smallest absolute Gasteiger partial charge is 0.407 e. The van der Waals surface area contributed by atoms with Crippen molar-refractivity contribution in [3.63, 3.8) is 0 Å². The van der Waals surface area contributed by atoms with Gasteiger partial charge in [-0.1, -0.05) is 30.3 Å². The minimum Gasteiger partial charge on any atom is -0.453 e. The zero-order valence-electron chi connectivity index (χ0n) is 43.8. The monoisotopic (exact) mass is 1130 g/mol. The lowest BCUT2D eigenvalue weighted by molar-refractivity contribution is -0.221. The van der Waals surface area contributed by atoms with Gasteiger partial charge in [-0.05, 0) is 95.2 Å². The van der Waals surface area contributed by atoms with Gasteiger partial charge in [0.25, 0.3) is 5.91 Å². The molecule has 3 aromatic rings. The number of allylic oxidation sites excluding steroid dienone is 1. The Balaban J connectivity index is 1.33. The largest absolute Gasteiger partial charge is 0.453 e. The van der Waals surface area contributed by atoms with Crippen molar-refractivity contribution in [2.45, 2.75) is 134 Å². The van der Waals surface area contributed by atoms with Crippen LogP contribution < -0.4 is 26.7 Å². The Morgan fingerprint density at radius 1 is 0.810 bits per heavy atom. The number of alkyl carbamates (subject to hydrolysis) is 2. The number of benzene rings is 2. The van der Waals surface area contributed by atoms with Gasteiger partial charge in [0.1, 0.15) is 23.7 Å². The van der Waals surface area contributed by atoms with E-state index in [2.05, 4.69) is 19.7 Å². The molecule has 27 heteroatoms. The van der Waals surface area contributed by atoms with E-state index in [0.717, 1.165) is 64.9 Å². The maximum absolute atomic E-state index is 15.9. The predicted molar refractivity (Wildman–Crippen MR) is 265 cm³/mol. The SMILES string of the molecule is COC(=O)N[C@H](C(=O)N[C@@H](Cc1ccc(-c2ccc(C3CC4CCC(C3)N4C3COC3)nc2)cc1)[C@@H](O)CN(Cc1c(F)cc(C(=N)/C=C\NC(F)F)cc1F)NC(=O)[C@@H](NC(=O)OC)C(C)(C)C(F)(F)F)C(C)(C)C(F)(F)F. The summed E-state index contributed by atoms with van der Waals surface area (Å²) in [5.41, 5.74) is -3.62. The Kier molecular flexibility index (Phi) is 19.7. The van der Waals surface area contributed by atoms with Crippen LogP contribution in [-0.4, -0.2) is 145 Å². The van der Waals surface area contributed by atoms with Gasteiger partial charge in [0.15, 0.2) is 0 Å². The third kappa shape index (κ3) is 14.8. The molecule has 3 fully saturated rings. The van der Waals surface area contributed by atoms with Crippen LogP contribution in [0.4, 0.5) is 53.5 Å². The van der Waals surface area contributed by atoms with Gasteiger partial charge in [0, 0.05) is 65.9 Å². The minimum absolute atomic E-state index is 0.260. The van der Waals surface area contributed by atoms with Gasteiger partial charge >= 0.3 is 31.1 Å². The molecule has 0 saturated carbocycles. The molecular weight excluding hydrogens is 1070 g/mol. The summed E-state index contributed by atoms with van der Waals surface area (Å²) < 4.78 is 159. The number of halogens is 10. The average molecular weight is 1130 g/mol. The highest BCUT2D eigenvalue weighted by atomic mass is 19.4. The van der Waals surface area contributed by atoms with Gasteiger partial charge in [-0.25, -0.2) is 23.4 Å². The fraction of sp³-hybridized carbons (Fsp3) is 0.538. The standard InChI is InChI=1S/C52H63F10N9O8/c1-49(2,51(57,58)59)42(67-47(75)77-5)44(73)66-40(17-27-7-9-28(10-8-27)29-11-14-39(65-22-29)31-18-32-12-13-33(19-31)71(32)34-25-79-26-34)41(72)24-70(69-45(74)43(68-48(76)78-6)50(3,4)52(60,61)62)23-35-36(53)20-30(21-37(35)54)38(63)15-16-64-46(55)56/h7-11,14-16,20-22,31-34,40-43,46,63-64,72H,12-13,17-19,23-26H2,1-6H3,(H,66,73)(H,67,75)(H,68,76)(H,69,74)/b16-15-,63-38?/t31?,32?,33?,40-,41-,42+,43+/m0/s1. The van der Waals surface area contributed by atoms with E-state index in [1.54, 1.807) is 41.1 Å². The molecule has 7 N–H and O–H groups in total. The van der Waals surface area contributed by atoms with Gasteiger partial charge in [-0.2, -0.15) is 35.1 Å². The number of alkyl halides is 8. The number of carbonyl (C=O) groups is 4. The van der Waals surface area contributed by atoms with Gasteiger partial charge in [0.2, 0.25) is 5.91 Å². The number of ether oxygens (including phenoxy) is 3. The fourth-order valence-corrected chi connectivity index (χ4v) is 9.85. The van der Waals surface area contributed by atoms with Crippen LogP contribution in [0.2, 0.25) is 0 Å². The number of fused-ring (bicyclic) bond motifs is 2. The fourth-order valence-electron chi connectivity index (χ4n) is 9.85. The summed E-state index contributed by atoms with van der Waals surface area (Å²) in [5.74, 6) is -5.89. The molecule has 1 aromatic heterocycles. The molecule has 3 aliphatic rings. The van der Waals surface area contributed by atoms with E-state index in [0.29, 0.717) is 85.9 Å². The highest BCUT2D eigenvalue weighted by molar-refractivity contribution is 6.06. The Labute approximate surface area is 448 Å². The van der Waals surface area contributed by atoms with Crippen LogP contribution in [0.1, 0.15) is 81.7 Å². The van der Waals surface area contributed by atoms with Crippen molar-refractivity contribution in [2.75, 3.05) is 34.0 Å². The topological polar surface area (TPSA) is 220 Å². The van der Waals surface area contributed by atoms with E-state index in [1.165, 1.54) is 0 Å². The summed E-state index contributed by atoms with van der Waals surface area (Å²) in [6.45, 7) is -1.57. The maximum Gasteiger partial charge on any atom is 0.407 e. The molecule has 3 aliphatic heterocycles. The second-order valence-electron chi connectivity index (χ2n) is 20.8. The second kappa shape index (κ2) is 25.3. The van der Waals surface area contributed by atoms with Gasteiger partial charge in [0.05, 0.1) is 62.2 Å². The third-order valence-electron chi connectivity index (χ3n) is 14.8. The number of carbonyl (C=O) groups excluding carboxylic acids is 4. The molecule has 0 spiro atoms. The number of hydrogen-bond donors (Lipinski definition) is 7. The number of aliphatic hydroxyl groups excluding tert-OH is 1. The first kappa shape index (κ1) is 61.6.